The molecule has 1 aliphatic heterocycles. The number of likely N-dealkylation sites (tertiary alicyclic amines) is 1. The summed E-state index contributed by atoms with van der Waals surface area (Å²) in [6.07, 6.45) is 0.660. The summed E-state index contributed by atoms with van der Waals surface area (Å²) in [5.41, 5.74) is 4.37. The summed E-state index contributed by atoms with van der Waals surface area (Å²) in [5.74, 6) is 0. The predicted molar refractivity (Wildman–Crippen MR) is 39.6 cm³/mol. The number of alkyl halides is 1. The Balaban J connectivity index is 2.29. The predicted octanol–water partition coefficient (Wildman–Crippen LogP) is 0.379. The van der Waals surface area contributed by atoms with Crippen LogP contribution < -0.4 is 5.73 Å². The van der Waals surface area contributed by atoms with Crippen molar-refractivity contribution in [2.45, 2.75) is 19.0 Å². The van der Waals surface area contributed by atoms with Crippen LogP contribution in [0.25, 0.3) is 0 Å². The minimum absolute atomic E-state index is 0.560. The average Bonchev–Trinajstić information content (AvgIpc) is 2.12. The lowest BCUT2D eigenvalue weighted by atomic mass is 10.1. The average molecular weight is 146 g/mol. The van der Waals surface area contributed by atoms with E-state index in [1.807, 2.05) is 0 Å². The molecule has 1 unspecified atom stereocenters. The first-order valence-corrected chi connectivity index (χ1v) is 3.75. The van der Waals surface area contributed by atoms with Gasteiger partial charge in [0.15, 0.2) is 0 Å². The molecule has 60 valence electrons. The van der Waals surface area contributed by atoms with Crippen molar-refractivity contribution in [3.63, 3.8) is 0 Å². The molecule has 1 rings (SSSR count). The van der Waals surface area contributed by atoms with Gasteiger partial charge in [0.1, 0.15) is 5.67 Å². The van der Waals surface area contributed by atoms with Crippen LogP contribution in [0.2, 0.25) is 0 Å². The van der Waals surface area contributed by atoms with Crippen molar-refractivity contribution in [1.29, 1.82) is 0 Å². The topological polar surface area (TPSA) is 29.3 Å². The van der Waals surface area contributed by atoms with Gasteiger partial charge in [-0.15, -0.1) is 0 Å². The van der Waals surface area contributed by atoms with Gasteiger partial charge in [-0.2, -0.15) is 0 Å². The van der Waals surface area contributed by atoms with Gasteiger partial charge >= 0.3 is 0 Å². The number of nitrogens with two attached hydrogens (primary N) is 1. The Kier molecular flexibility index (Phi) is 2.26. The number of hydrogen-bond acceptors (Lipinski definition) is 2. The summed E-state index contributed by atoms with van der Waals surface area (Å²) < 4.78 is 13.1. The highest BCUT2D eigenvalue weighted by Crippen LogP contribution is 2.23. The second kappa shape index (κ2) is 2.84. The standard InChI is InChI=1S/C7H15FN2/c1-7(8)2-4-10(6-7)5-3-9/h2-6,9H2,1H3. The second-order valence-corrected chi connectivity index (χ2v) is 3.23. The third-order valence-electron chi connectivity index (χ3n) is 1.95. The van der Waals surface area contributed by atoms with Crippen LogP contribution in [0.5, 0.6) is 0 Å². The van der Waals surface area contributed by atoms with Gasteiger partial charge in [-0.1, -0.05) is 0 Å². The quantitative estimate of drug-likeness (QED) is 0.610. The van der Waals surface area contributed by atoms with Gasteiger partial charge in [0.25, 0.3) is 0 Å². The number of rotatable bonds is 2. The second-order valence-electron chi connectivity index (χ2n) is 3.23. The van der Waals surface area contributed by atoms with Crippen LogP contribution in [0.3, 0.4) is 0 Å². The Bertz CT molecular complexity index is 114. The molecule has 0 aromatic carbocycles. The monoisotopic (exact) mass is 146 g/mol. The highest BCUT2D eigenvalue weighted by Gasteiger charge is 2.32. The third-order valence-corrected chi connectivity index (χ3v) is 1.95. The first-order chi connectivity index (χ1) is 4.64. The summed E-state index contributed by atoms with van der Waals surface area (Å²) in [5, 5.41) is 0. The molecule has 0 radical (unpaired) electrons. The molecular weight excluding hydrogens is 131 g/mol. The van der Waals surface area contributed by atoms with E-state index < -0.39 is 5.67 Å². The summed E-state index contributed by atoms with van der Waals surface area (Å²) in [6.45, 7) is 4.55. The van der Waals surface area contributed by atoms with E-state index >= 15 is 0 Å². The third kappa shape index (κ3) is 1.92. The zero-order chi connectivity index (χ0) is 7.61. The lowest BCUT2D eigenvalue weighted by molar-refractivity contribution is 0.190. The summed E-state index contributed by atoms with van der Waals surface area (Å²) >= 11 is 0. The van der Waals surface area contributed by atoms with Crippen molar-refractivity contribution in [2.24, 2.45) is 5.73 Å². The maximum Gasteiger partial charge on any atom is 0.122 e. The Morgan fingerprint density at radius 1 is 1.70 bits per heavy atom. The molecule has 0 spiro atoms. The first kappa shape index (κ1) is 7.95. The van der Waals surface area contributed by atoms with Crippen LogP contribution in [-0.4, -0.2) is 36.7 Å². The summed E-state index contributed by atoms with van der Waals surface area (Å²) in [7, 11) is 0. The molecule has 1 saturated heterocycles. The Labute approximate surface area is 61.2 Å². The Morgan fingerprint density at radius 3 is 2.80 bits per heavy atom. The van der Waals surface area contributed by atoms with Crippen molar-refractivity contribution in [1.82, 2.24) is 4.90 Å². The fourth-order valence-corrected chi connectivity index (χ4v) is 1.39. The molecule has 0 aromatic rings. The molecule has 3 heteroatoms. The molecular formula is C7H15FN2. The molecule has 0 saturated carbocycles. The highest BCUT2D eigenvalue weighted by atomic mass is 19.1. The maximum atomic E-state index is 13.1. The minimum atomic E-state index is -0.963. The zero-order valence-corrected chi connectivity index (χ0v) is 6.44. The smallest absolute Gasteiger partial charge is 0.122 e. The molecule has 0 aliphatic carbocycles. The minimum Gasteiger partial charge on any atom is -0.329 e. The van der Waals surface area contributed by atoms with Crippen LogP contribution in [0, 0.1) is 0 Å². The summed E-state index contributed by atoms with van der Waals surface area (Å²) in [4.78, 5) is 2.07. The van der Waals surface area contributed by atoms with Crippen LogP contribution in [0.1, 0.15) is 13.3 Å². The molecule has 10 heavy (non-hydrogen) atoms. The van der Waals surface area contributed by atoms with Crippen LogP contribution in [0.15, 0.2) is 0 Å². The van der Waals surface area contributed by atoms with Crippen LogP contribution in [-0.2, 0) is 0 Å². The van der Waals surface area contributed by atoms with E-state index in [4.69, 9.17) is 5.73 Å². The Hall–Kier alpha value is -0.150. The first-order valence-electron chi connectivity index (χ1n) is 3.75. The number of hydrogen-bond donors (Lipinski definition) is 1. The lowest BCUT2D eigenvalue weighted by Gasteiger charge is -2.15. The SMILES string of the molecule is CC1(F)CCN(CCN)C1. The fourth-order valence-electron chi connectivity index (χ4n) is 1.39. The van der Waals surface area contributed by atoms with E-state index in [1.165, 1.54) is 0 Å². The molecule has 0 aromatic heterocycles. The van der Waals surface area contributed by atoms with Crippen molar-refractivity contribution in [3.8, 4) is 0 Å². The van der Waals surface area contributed by atoms with Gasteiger partial charge in [-0.05, 0) is 13.3 Å². The van der Waals surface area contributed by atoms with Gasteiger partial charge in [-0.25, -0.2) is 4.39 Å². The van der Waals surface area contributed by atoms with Gasteiger partial charge in [0.05, 0.1) is 0 Å². The highest BCUT2D eigenvalue weighted by molar-refractivity contribution is 4.86. The molecule has 1 atom stereocenters. The molecule has 2 nitrogen and oxygen atoms in total. The van der Waals surface area contributed by atoms with Crippen molar-refractivity contribution < 1.29 is 4.39 Å². The van der Waals surface area contributed by atoms with Gasteiger partial charge in [-0.3, -0.25) is 4.90 Å². The number of halogens is 1. The maximum absolute atomic E-state index is 13.1. The zero-order valence-electron chi connectivity index (χ0n) is 6.44. The van der Waals surface area contributed by atoms with E-state index in [2.05, 4.69) is 4.90 Å². The van der Waals surface area contributed by atoms with E-state index in [1.54, 1.807) is 6.92 Å². The lowest BCUT2D eigenvalue weighted by Crippen LogP contribution is -2.30. The van der Waals surface area contributed by atoms with Gasteiger partial charge in [0.2, 0.25) is 0 Å². The molecule has 0 amide bonds. The van der Waals surface area contributed by atoms with Crippen LogP contribution in [0.4, 0.5) is 4.39 Å². The molecule has 2 N–H and O–H groups in total. The Morgan fingerprint density at radius 2 is 2.40 bits per heavy atom. The van der Waals surface area contributed by atoms with E-state index in [0.29, 0.717) is 19.5 Å². The van der Waals surface area contributed by atoms with E-state index in [9.17, 15) is 4.39 Å². The largest absolute Gasteiger partial charge is 0.329 e. The normalized spacial score (nSPS) is 35.1. The van der Waals surface area contributed by atoms with Gasteiger partial charge in [0, 0.05) is 26.2 Å². The van der Waals surface area contributed by atoms with E-state index in [-0.39, 0.29) is 0 Å². The van der Waals surface area contributed by atoms with Gasteiger partial charge < -0.3 is 5.73 Å². The molecule has 1 fully saturated rings. The summed E-state index contributed by atoms with van der Waals surface area (Å²) in [6, 6.07) is 0. The molecule has 0 bridgehead atoms. The van der Waals surface area contributed by atoms with Crippen LogP contribution >= 0.6 is 0 Å². The molecule has 1 aliphatic rings. The van der Waals surface area contributed by atoms with Crippen molar-refractivity contribution >= 4 is 0 Å². The fraction of sp³-hybridized carbons (Fsp3) is 1.00. The number of nitrogens with zero attached hydrogens (tertiary/aromatic N) is 1. The van der Waals surface area contributed by atoms with Crippen molar-refractivity contribution in [3.05, 3.63) is 0 Å². The van der Waals surface area contributed by atoms with Crippen molar-refractivity contribution in [2.75, 3.05) is 26.2 Å². The van der Waals surface area contributed by atoms with E-state index in [0.717, 1.165) is 13.1 Å². The molecule has 1 heterocycles.